The number of carbonyl (C=O) groups is 1. The third-order valence-corrected chi connectivity index (χ3v) is 2.89. The van der Waals surface area contributed by atoms with Gasteiger partial charge in [0.25, 0.3) is 0 Å². The Balaban J connectivity index is 2.71. The highest BCUT2D eigenvalue weighted by Crippen LogP contribution is 2.25. The van der Waals surface area contributed by atoms with E-state index in [9.17, 15) is 4.79 Å². The monoisotopic (exact) mass is 286 g/mol. The van der Waals surface area contributed by atoms with Crippen LogP contribution in [0.5, 0.6) is 0 Å². The molecular formula is C13H19ClN2O3. The fourth-order valence-corrected chi connectivity index (χ4v) is 1.63. The van der Waals surface area contributed by atoms with Crippen LogP contribution in [-0.2, 0) is 14.3 Å². The zero-order valence-corrected chi connectivity index (χ0v) is 12.1. The van der Waals surface area contributed by atoms with Gasteiger partial charge < -0.3 is 20.1 Å². The van der Waals surface area contributed by atoms with Crippen molar-refractivity contribution in [1.29, 1.82) is 0 Å². The van der Waals surface area contributed by atoms with Crippen LogP contribution in [0.4, 0.5) is 11.4 Å². The first-order chi connectivity index (χ1) is 9.10. The van der Waals surface area contributed by atoms with Crippen molar-refractivity contribution >= 4 is 28.9 Å². The number of ether oxygens (including phenoxy) is 2. The molecule has 0 unspecified atom stereocenters. The van der Waals surface area contributed by atoms with Gasteiger partial charge in [-0.2, -0.15) is 0 Å². The molecule has 1 aromatic carbocycles. The van der Waals surface area contributed by atoms with Gasteiger partial charge in [-0.05, 0) is 18.2 Å². The normalized spacial score (nSPS) is 10.6. The Hall–Kier alpha value is -1.30. The average Bonchev–Trinajstić information content (AvgIpc) is 2.43. The molecule has 0 bridgehead atoms. The average molecular weight is 287 g/mol. The summed E-state index contributed by atoms with van der Waals surface area (Å²) in [6.45, 7) is 2.25. The molecule has 0 aromatic heterocycles. The van der Waals surface area contributed by atoms with E-state index in [0.29, 0.717) is 23.7 Å². The van der Waals surface area contributed by atoms with Crippen LogP contribution < -0.4 is 10.6 Å². The van der Waals surface area contributed by atoms with Crippen molar-refractivity contribution in [3.63, 3.8) is 0 Å². The van der Waals surface area contributed by atoms with Gasteiger partial charge >= 0.3 is 0 Å². The van der Waals surface area contributed by atoms with E-state index in [-0.39, 0.29) is 12.2 Å². The number of benzene rings is 1. The molecule has 2 N–H and O–H groups in total. The van der Waals surface area contributed by atoms with Crippen LogP contribution in [0.1, 0.15) is 13.3 Å². The molecule has 0 aliphatic carbocycles. The molecule has 1 amide bonds. The number of nitrogens with one attached hydrogen (secondary N) is 2. The number of methoxy groups -OCH3 is 2. The van der Waals surface area contributed by atoms with Gasteiger partial charge in [-0.1, -0.05) is 18.5 Å². The minimum absolute atomic E-state index is 0.0417. The zero-order valence-electron chi connectivity index (χ0n) is 11.3. The maximum atomic E-state index is 11.3. The topological polar surface area (TPSA) is 59.6 Å². The molecule has 6 heteroatoms. The van der Waals surface area contributed by atoms with E-state index >= 15 is 0 Å². The van der Waals surface area contributed by atoms with E-state index in [1.807, 2.05) is 0 Å². The molecular weight excluding hydrogens is 268 g/mol. The third-order valence-electron chi connectivity index (χ3n) is 2.56. The summed E-state index contributed by atoms with van der Waals surface area (Å²) in [4.78, 5) is 11.3. The predicted molar refractivity (Wildman–Crippen MR) is 76.7 cm³/mol. The molecule has 5 nitrogen and oxygen atoms in total. The number of hydrogen-bond acceptors (Lipinski definition) is 4. The molecule has 0 fully saturated rings. The summed E-state index contributed by atoms with van der Waals surface area (Å²) in [5.41, 5.74) is 1.42. The lowest BCUT2D eigenvalue weighted by atomic mass is 10.2. The van der Waals surface area contributed by atoms with Gasteiger partial charge in [0, 0.05) is 26.3 Å². The second kappa shape index (κ2) is 7.99. The van der Waals surface area contributed by atoms with Crippen molar-refractivity contribution in [1.82, 2.24) is 0 Å². The van der Waals surface area contributed by atoms with Gasteiger partial charge in [-0.3, -0.25) is 4.79 Å². The molecule has 1 aromatic rings. The van der Waals surface area contributed by atoms with Crippen molar-refractivity contribution in [3.05, 3.63) is 23.2 Å². The molecule has 0 radical (unpaired) electrons. The number of halogens is 1. The highest BCUT2D eigenvalue weighted by atomic mass is 35.5. The Morgan fingerprint density at radius 1 is 1.37 bits per heavy atom. The summed E-state index contributed by atoms with van der Waals surface area (Å²) in [5.74, 6) is -0.0417. The van der Waals surface area contributed by atoms with Crippen molar-refractivity contribution < 1.29 is 14.3 Å². The van der Waals surface area contributed by atoms with Crippen LogP contribution in [0.15, 0.2) is 18.2 Å². The summed E-state index contributed by atoms with van der Waals surface area (Å²) in [6.07, 6.45) is 0.0748. The Bertz CT molecular complexity index is 422. The summed E-state index contributed by atoms with van der Waals surface area (Å²) in [6, 6.07) is 5.26. The standard InChI is InChI=1S/C13H19ClN2O3/c1-4-12(17)16-9-5-6-10(14)11(7-9)15-8-13(18-2)19-3/h5-7,13,15H,4,8H2,1-3H3,(H,16,17). The van der Waals surface area contributed by atoms with Crippen molar-refractivity contribution in [2.24, 2.45) is 0 Å². The van der Waals surface area contributed by atoms with Crippen LogP contribution in [0.3, 0.4) is 0 Å². The molecule has 0 saturated heterocycles. The fourth-order valence-electron chi connectivity index (χ4n) is 1.44. The lowest BCUT2D eigenvalue weighted by Crippen LogP contribution is -2.23. The first-order valence-electron chi connectivity index (χ1n) is 5.99. The maximum absolute atomic E-state index is 11.3. The van der Waals surface area contributed by atoms with Gasteiger partial charge in [0.1, 0.15) is 0 Å². The first-order valence-corrected chi connectivity index (χ1v) is 6.37. The number of hydrogen-bond donors (Lipinski definition) is 2. The summed E-state index contributed by atoms with van der Waals surface area (Å²) in [7, 11) is 3.13. The van der Waals surface area contributed by atoms with E-state index in [0.717, 1.165) is 5.69 Å². The van der Waals surface area contributed by atoms with E-state index < -0.39 is 0 Å². The van der Waals surface area contributed by atoms with Gasteiger partial charge in [0.15, 0.2) is 6.29 Å². The minimum Gasteiger partial charge on any atom is -0.379 e. The molecule has 0 aliphatic heterocycles. The molecule has 106 valence electrons. The predicted octanol–water partition coefficient (Wildman–Crippen LogP) is 2.72. The van der Waals surface area contributed by atoms with Crippen molar-refractivity contribution in [2.45, 2.75) is 19.6 Å². The van der Waals surface area contributed by atoms with E-state index in [4.69, 9.17) is 21.1 Å². The molecule has 19 heavy (non-hydrogen) atoms. The third kappa shape index (κ3) is 5.06. The highest BCUT2D eigenvalue weighted by Gasteiger charge is 2.08. The van der Waals surface area contributed by atoms with Crippen LogP contribution in [0.2, 0.25) is 5.02 Å². The van der Waals surface area contributed by atoms with Gasteiger partial charge in [0.05, 0.1) is 17.3 Å². The van der Waals surface area contributed by atoms with E-state index in [1.54, 1.807) is 39.3 Å². The highest BCUT2D eigenvalue weighted by molar-refractivity contribution is 6.33. The largest absolute Gasteiger partial charge is 0.379 e. The summed E-state index contributed by atoms with van der Waals surface area (Å²) < 4.78 is 10.2. The lowest BCUT2D eigenvalue weighted by Gasteiger charge is -2.16. The SMILES string of the molecule is CCC(=O)Nc1ccc(Cl)c(NCC(OC)OC)c1. The Morgan fingerprint density at radius 2 is 2.05 bits per heavy atom. The molecule has 0 heterocycles. The van der Waals surface area contributed by atoms with E-state index in [1.165, 1.54) is 0 Å². The molecule has 0 saturated carbocycles. The first kappa shape index (κ1) is 15.8. The number of rotatable bonds is 7. The number of amides is 1. The lowest BCUT2D eigenvalue weighted by molar-refractivity contribution is -0.115. The molecule has 1 rings (SSSR count). The van der Waals surface area contributed by atoms with Crippen molar-refractivity contribution in [3.8, 4) is 0 Å². The second-order valence-electron chi connectivity index (χ2n) is 3.88. The summed E-state index contributed by atoms with van der Waals surface area (Å²) in [5, 5.41) is 6.46. The van der Waals surface area contributed by atoms with Gasteiger partial charge in [-0.25, -0.2) is 0 Å². The number of anilines is 2. The molecule has 0 atom stereocenters. The van der Waals surface area contributed by atoms with Crippen LogP contribution in [-0.4, -0.2) is 33.0 Å². The van der Waals surface area contributed by atoms with Gasteiger partial charge in [0.2, 0.25) is 5.91 Å². The fraction of sp³-hybridized carbons (Fsp3) is 0.462. The Morgan fingerprint density at radius 3 is 2.63 bits per heavy atom. The quantitative estimate of drug-likeness (QED) is 0.757. The Labute approximate surface area is 118 Å². The minimum atomic E-state index is -0.357. The molecule has 0 aliphatic rings. The number of carbonyl (C=O) groups excluding carboxylic acids is 1. The molecule has 0 spiro atoms. The van der Waals surface area contributed by atoms with Crippen LogP contribution >= 0.6 is 11.6 Å². The Kier molecular flexibility index (Phi) is 6.62. The van der Waals surface area contributed by atoms with Crippen LogP contribution in [0, 0.1) is 0 Å². The van der Waals surface area contributed by atoms with E-state index in [2.05, 4.69) is 10.6 Å². The smallest absolute Gasteiger partial charge is 0.224 e. The van der Waals surface area contributed by atoms with Gasteiger partial charge in [-0.15, -0.1) is 0 Å². The van der Waals surface area contributed by atoms with Crippen LogP contribution in [0.25, 0.3) is 0 Å². The van der Waals surface area contributed by atoms with Crippen molar-refractivity contribution in [2.75, 3.05) is 31.4 Å². The summed E-state index contributed by atoms with van der Waals surface area (Å²) >= 11 is 6.08. The maximum Gasteiger partial charge on any atom is 0.224 e. The zero-order chi connectivity index (χ0) is 14.3. The second-order valence-corrected chi connectivity index (χ2v) is 4.29.